The van der Waals surface area contributed by atoms with Crippen LogP contribution in [0.1, 0.15) is 57.4 Å². The molecule has 0 bridgehead atoms. The number of methoxy groups -OCH3 is 1. The van der Waals surface area contributed by atoms with E-state index in [9.17, 15) is 9.59 Å². The van der Waals surface area contributed by atoms with Crippen LogP contribution >= 0.6 is 0 Å². The molecule has 1 saturated carbocycles. The summed E-state index contributed by atoms with van der Waals surface area (Å²) in [5.41, 5.74) is 0.963. The second-order valence-electron chi connectivity index (χ2n) is 6.74. The van der Waals surface area contributed by atoms with E-state index in [2.05, 4.69) is 5.32 Å². The topological polar surface area (TPSA) is 64.6 Å². The first-order valence-corrected chi connectivity index (χ1v) is 9.18. The highest BCUT2D eigenvalue weighted by atomic mass is 16.5. The fourth-order valence-electron chi connectivity index (χ4n) is 3.18. The number of benzene rings is 1. The Hall–Kier alpha value is -2.04. The molecule has 0 heterocycles. The monoisotopic (exact) mass is 347 g/mol. The first kappa shape index (κ1) is 19.3. The molecule has 0 radical (unpaired) electrons. The highest BCUT2D eigenvalue weighted by Gasteiger charge is 2.19. The summed E-state index contributed by atoms with van der Waals surface area (Å²) in [6.45, 7) is 2.01. The van der Waals surface area contributed by atoms with E-state index in [0.29, 0.717) is 18.9 Å². The van der Waals surface area contributed by atoms with Crippen molar-refractivity contribution < 1.29 is 19.1 Å². The minimum Gasteiger partial charge on any atom is -0.497 e. The Bertz CT molecular complexity index is 549. The summed E-state index contributed by atoms with van der Waals surface area (Å²) in [6, 6.07) is 7.46. The zero-order chi connectivity index (χ0) is 18.1. The van der Waals surface area contributed by atoms with Gasteiger partial charge in [0.05, 0.1) is 7.11 Å². The third-order valence-corrected chi connectivity index (χ3v) is 4.78. The molecule has 5 nitrogen and oxygen atoms in total. The van der Waals surface area contributed by atoms with Gasteiger partial charge in [-0.15, -0.1) is 0 Å². The zero-order valence-corrected chi connectivity index (χ0v) is 15.3. The molecule has 0 aromatic heterocycles. The van der Waals surface area contributed by atoms with Crippen LogP contribution < -0.4 is 10.1 Å². The van der Waals surface area contributed by atoms with Gasteiger partial charge in [0.2, 0.25) is 0 Å². The minimum absolute atomic E-state index is 0.276. The van der Waals surface area contributed by atoms with Crippen molar-refractivity contribution in [2.75, 3.05) is 7.11 Å². The van der Waals surface area contributed by atoms with Crippen molar-refractivity contribution in [1.82, 2.24) is 5.32 Å². The maximum absolute atomic E-state index is 12.1. The predicted octanol–water partition coefficient (Wildman–Crippen LogP) is 3.60. The van der Waals surface area contributed by atoms with Crippen molar-refractivity contribution in [3.8, 4) is 5.75 Å². The lowest BCUT2D eigenvalue weighted by Gasteiger charge is -2.21. The lowest BCUT2D eigenvalue weighted by atomic mass is 9.86. The molecule has 0 saturated heterocycles. The Kier molecular flexibility index (Phi) is 7.76. The Balaban J connectivity index is 1.66. The normalized spacial score (nSPS) is 16.1. The molecule has 25 heavy (non-hydrogen) atoms. The van der Waals surface area contributed by atoms with Gasteiger partial charge in [0, 0.05) is 13.0 Å². The van der Waals surface area contributed by atoms with Gasteiger partial charge in [-0.3, -0.25) is 9.59 Å². The van der Waals surface area contributed by atoms with Gasteiger partial charge in [-0.25, -0.2) is 0 Å². The summed E-state index contributed by atoms with van der Waals surface area (Å²) in [4.78, 5) is 24.0. The second-order valence-corrected chi connectivity index (χ2v) is 6.74. The van der Waals surface area contributed by atoms with E-state index in [4.69, 9.17) is 9.47 Å². The van der Waals surface area contributed by atoms with E-state index < -0.39 is 6.10 Å². The maximum atomic E-state index is 12.1. The molecule has 138 valence electrons. The highest BCUT2D eigenvalue weighted by molar-refractivity contribution is 5.83. The molecule has 0 spiro atoms. The Morgan fingerprint density at radius 3 is 2.48 bits per heavy atom. The number of rotatable bonds is 8. The molecule has 2 rings (SSSR count). The summed E-state index contributed by atoms with van der Waals surface area (Å²) < 4.78 is 10.4. The predicted molar refractivity (Wildman–Crippen MR) is 96.2 cm³/mol. The molecule has 0 aliphatic heterocycles. The number of hydrogen-bond donors (Lipinski definition) is 1. The van der Waals surface area contributed by atoms with Crippen molar-refractivity contribution in [3.05, 3.63) is 29.8 Å². The lowest BCUT2D eigenvalue weighted by Crippen LogP contribution is -2.35. The molecule has 1 atom stereocenters. The van der Waals surface area contributed by atoms with Gasteiger partial charge in [0.1, 0.15) is 5.75 Å². The molecule has 1 aliphatic carbocycles. The van der Waals surface area contributed by atoms with Gasteiger partial charge >= 0.3 is 5.97 Å². The van der Waals surface area contributed by atoms with Gasteiger partial charge in [-0.1, -0.05) is 44.2 Å². The van der Waals surface area contributed by atoms with E-state index in [1.54, 1.807) is 14.0 Å². The minimum atomic E-state index is -0.767. The van der Waals surface area contributed by atoms with E-state index >= 15 is 0 Å². The van der Waals surface area contributed by atoms with Gasteiger partial charge in [0.25, 0.3) is 5.91 Å². The van der Waals surface area contributed by atoms with Crippen LogP contribution in [0.15, 0.2) is 24.3 Å². The molecular weight excluding hydrogens is 318 g/mol. The van der Waals surface area contributed by atoms with E-state index in [0.717, 1.165) is 17.7 Å². The van der Waals surface area contributed by atoms with Crippen LogP contribution in [-0.2, 0) is 20.9 Å². The summed E-state index contributed by atoms with van der Waals surface area (Å²) in [5.74, 6) is 0.857. The van der Waals surface area contributed by atoms with E-state index in [1.807, 2.05) is 24.3 Å². The number of hydrogen-bond acceptors (Lipinski definition) is 4. The van der Waals surface area contributed by atoms with Crippen molar-refractivity contribution in [2.45, 2.75) is 64.5 Å². The Morgan fingerprint density at radius 2 is 1.84 bits per heavy atom. The zero-order valence-electron chi connectivity index (χ0n) is 15.3. The fraction of sp³-hybridized carbons (Fsp3) is 0.600. The molecule has 1 aliphatic rings. The SMILES string of the molecule is COc1ccc(CNC(=O)[C@@H](C)OC(=O)CCC2CCCCC2)cc1. The average Bonchev–Trinajstić information content (AvgIpc) is 2.65. The van der Waals surface area contributed by atoms with Gasteiger partial charge in [-0.05, 0) is 37.0 Å². The van der Waals surface area contributed by atoms with Crippen LogP contribution in [0.2, 0.25) is 0 Å². The van der Waals surface area contributed by atoms with Crippen LogP contribution in [0, 0.1) is 5.92 Å². The van der Waals surface area contributed by atoms with Crippen LogP contribution in [0.5, 0.6) is 5.75 Å². The lowest BCUT2D eigenvalue weighted by molar-refractivity contribution is -0.155. The smallest absolute Gasteiger partial charge is 0.306 e. The number of amides is 1. The molecule has 1 fully saturated rings. The summed E-state index contributed by atoms with van der Waals surface area (Å²) in [7, 11) is 1.61. The van der Waals surface area contributed by atoms with E-state index in [-0.39, 0.29) is 11.9 Å². The quantitative estimate of drug-likeness (QED) is 0.730. The van der Waals surface area contributed by atoms with Crippen LogP contribution in [-0.4, -0.2) is 25.1 Å². The molecule has 1 aromatic carbocycles. The van der Waals surface area contributed by atoms with Crippen molar-refractivity contribution in [1.29, 1.82) is 0 Å². The van der Waals surface area contributed by atoms with Crippen molar-refractivity contribution in [3.63, 3.8) is 0 Å². The summed E-state index contributed by atoms with van der Waals surface area (Å²) in [5, 5.41) is 2.79. The summed E-state index contributed by atoms with van der Waals surface area (Å²) >= 11 is 0. The Labute approximate surface area is 150 Å². The van der Waals surface area contributed by atoms with Gasteiger partial charge in [-0.2, -0.15) is 0 Å². The number of esters is 1. The van der Waals surface area contributed by atoms with Crippen LogP contribution in [0.25, 0.3) is 0 Å². The van der Waals surface area contributed by atoms with Crippen LogP contribution in [0.3, 0.4) is 0 Å². The summed E-state index contributed by atoms with van der Waals surface area (Å²) in [6.07, 6.45) is 6.79. The molecule has 1 N–H and O–H groups in total. The third-order valence-electron chi connectivity index (χ3n) is 4.78. The average molecular weight is 347 g/mol. The number of carbonyl (C=O) groups is 2. The van der Waals surface area contributed by atoms with E-state index in [1.165, 1.54) is 32.1 Å². The fourth-order valence-corrected chi connectivity index (χ4v) is 3.18. The molecular formula is C20H29NO4. The highest BCUT2D eigenvalue weighted by Crippen LogP contribution is 2.27. The standard InChI is InChI=1S/C20H29NO4/c1-15(25-19(22)13-10-16-6-4-3-5-7-16)20(23)21-14-17-8-11-18(24-2)12-9-17/h8-9,11-12,15-16H,3-7,10,13-14H2,1-2H3,(H,21,23)/t15-/m1/s1. The maximum Gasteiger partial charge on any atom is 0.306 e. The first-order valence-electron chi connectivity index (χ1n) is 9.18. The van der Waals surface area contributed by atoms with Gasteiger partial charge < -0.3 is 14.8 Å². The number of ether oxygens (including phenoxy) is 2. The number of carbonyl (C=O) groups excluding carboxylic acids is 2. The largest absolute Gasteiger partial charge is 0.497 e. The molecule has 1 aromatic rings. The third kappa shape index (κ3) is 6.77. The molecule has 1 amide bonds. The van der Waals surface area contributed by atoms with Crippen LogP contribution in [0.4, 0.5) is 0 Å². The Morgan fingerprint density at radius 1 is 1.16 bits per heavy atom. The number of nitrogens with one attached hydrogen (secondary N) is 1. The van der Waals surface area contributed by atoms with Crippen molar-refractivity contribution >= 4 is 11.9 Å². The van der Waals surface area contributed by atoms with Gasteiger partial charge in [0.15, 0.2) is 6.10 Å². The molecule has 0 unspecified atom stereocenters. The first-order chi connectivity index (χ1) is 12.1. The second kappa shape index (κ2) is 10.1. The molecule has 5 heteroatoms. The van der Waals surface area contributed by atoms with Crippen molar-refractivity contribution in [2.24, 2.45) is 5.92 Å².